The van der Waals surface area contributed by atoms with Crippen molar-refractivity contribution in [3.05, 3.63) is 68.4 Å². The molecule has 0 aliphatic heterocycles. The summed E-state index contributed by atoms with van der Waals surface area (Å²) in [5.41, 5.74) is -0.000756. The maximum atomic E-state index is 13.8. The van der Waals surface area contributed by atoms with Crippen LogP contribution >= 0.6 is 31.9 Å². The number of benzene rings is 2. The topological polar surface area (TPSA) is 20.2 Å². The lowest BCUT2D eigenvalue weighted by Crippen LogP contribution is -2.25. The highest BCUT2D eigenvalue weighted by Crippen LogP contribution is 2.30. The van der Waals surface area contributed by atoms with E-state index >= 15 is 0 Å². The Labute approximate surface area is 128 Å². The Morgan fingerprint density at radius 3 is 2.26 bits per heavy atom. The van der Waals surface area contributed by atoms with Crippen molar-refractivity contribution in [3.63, 3.8) is 0 Å². The lowest BCUT2D eigenvalue weighted by Gasteiger charge is -2.25. The van der Waals surface area contributed by atoms with Gasteiger partial charge in [0, 0.05) is 20.9 Å². The summed E-state index contributed by atoms with van der Waals surface area (Å²) in [6.45, 7) is 1.62. The first-order valence-electron chi connectivity index (χ1n) is 5.81. The van der Waals surface area contributed by atoms with E-state index in [1.807, 2.05) is 24.3 Å². The Bertz CT molecular complexity index is 579. The van der Waals surface area contributed by atoms with Crippen molar-refractivity contribution in [2.24, 2.45) is 0 Å². The van der Waals surface area contributed by atoms with E-state index in [1.165, 1.54) is 6.07 Å². The molecule has 1 atom stereocenters. The van der Waals surface area contributed by atoms with Crippen molar-refractivity contribution < 1.29 is 9.50 Å². The Morgan fingerprint density at radius 2 is 1.63 bits per heavy atom. The van der Waals surface area contributed by atoms with Crippen LogP contribution in [0.25, 0.3) is 0 Å². The van der Waals surface area contributed by atoms with Crippen LogP contribution in [-0.2, 0) is 12.0 Å². The van der Waals surface area contributed by atoms with Crippen LogP contribution in [0, 0.1) is 5.82 Å². The predicted octanol–water partition coefficient (Wildman–Crippen LogP) is 4.80. The second-order valence-corrected chi connectivity index (χ2v) is 6.53. The van der Waals surface area contributed by atoms with Crippen LogP contribution in [0.5, 0.6) is 0 Å². The third-order valence-corrected chi connectivity index (χ3v) is 3.99. The molecule has 0 saturated carbocycles. The average molecular weight is 388 g/mol. The van der Waals surface area contributed by atoms with Crippen LogP contribution < -0.4 is 0 Å². The van der Waals surface area contributed by atoms with Gasteiger partial charge in [0.05, 0.1) is 5.60 Å². The Morgan fingerprint density at radius 1 is 1.05 bits per heavy atom. The molecule has 1 unspecified atom stereocenters. The molecule has 0 heterocycles. The summed E-state index contributed by atoms with van der Waals surface area (Å²) in [5, 5.41) is 10.5. The molecular formula is C15H13Br2FO. The van der Waals surface area contributed by atoms with Crippen LogP contribution in [-0.4, -0.2) is 5.11 Å². The third-order valence-electron chi connectivity index (χ3n) is 2.97. The summed E-state index contributed by atoms with van der Waals surface area (Å²) < 4.78 is 15.6. The van der Waals surface area contributed by atoms with Gasteiger partial charge in [0.25, 0.3) is 0 Å². The minimum atomic E-state index is -1.25. The first kappa shape index (κ1) is 14.7. The molecule has 0 bridgehead atoms. The van der Waals surface area contributed by atoms with E-state index in [9.17, 15) is 9.50 Å². The number of aliphatic hydroxyl groups is 1. The van der Waals surface area contributed by atoms with Crippen molar-refractivity contribution >= 4 is 31.9 Å². The van der Waals surface area contributed by atoms with Gasteiger partial charge in [-0.1, -0.05) is 44.0 Å². The van der Waals surface area contributed by atoms with E-state index in [-0.39, 0.29) is 0 Å². The lowest BCUT2D eigenvalue weighted by atomic mass is 9.89. The van der Waals surface area contributed by atoms with Crippen LogP contribution in [0.3, 0.4) is 0 Å². The summed E-state index contributed by atoms with van der Waals surface area (Å²) in [7, 11) is 0. The second kappa shape index (κ2) is 5.73. The Balaban J connectivity index is 2.31. The zero-order chi connectivity index (χ0) is 14.0. The zero-order valence-corrected chi connectivity index (χ0v) is 13.5. The summed E-state index contributed by atoms with van der Waals surface area (Å²) in [6, 6.07) is 12.2. The smallest absolute Gasteiger partial charge is 0.129 e. The number of hydrogen-bond acceptors (Lipinski definition) is 1. The van der Waals surface area contributed by atoms with E-state index in [0.29, 0.717) is 12.0 Å². The van der Waals surface area contributed by atoms with Crippen molar-refractivity contribution in [1.29, 1.82) is 0 Å². The molecule has 19 heavy (non-hydrogen) atoms. The van der Waals surface area contributed by atoms with Gasteiger partial charge >= 0.3 is 0 Å². The first-order valence-corrected chi connectivity index (χ1v) is 7.39. The molecule has 0 aromatic heterocycles. The number of halogens is 3. The monoisotopic (exact) mass is 386 g/mol. The second-order valence-electron chi connectivity index (χ2n) is 4.70. The first-order chi connectivity index (χ1) is 8.88. The quantitative estimate of drug-likeness (QED) is 0.801. The molecule has 0 aliphatic carbocycles. The molecule has 0 saturated heterocycles. The molecule has 0 spiro atoms. The number of rotatable bonds is 3. The molecule has 0 aliphatic rings. The summed E-state index contributed by atoms with van der Waals surface area (Å²) in [4.78, 5) is 0. The van der Waals surface area contributed by atoms with Gasteiger partial charge in [0.2, 0.25) is 0 Å². The lowest BCUT2D eigenvalue weighted by molar-refractivity contribution is 0.0537. The highest BCUT2D eigenvalue weighted by molar-refractivity contribution is 9.10. The standard InChI is InChI=1S/C15H13Br2FO/c1-15(19,9-10-2-4-11(16)5-3-10)13-8-12(17)6-7-14(13)18/h2-8,19H,9H2,1H3. The van der Waals surface area contributed by atoms with Gasteiger partial charge in [-0.05, 0) is 42.8 Å². The predicted molar refractivity (Wildman–Crippen MR) is 81.5 cm³/mol. The highest BCUT2D eigenvalue weighted by Gasteiger charge is 2.27. The largest absolute Gasteiger partial charge is 0.385 e. The average Bonchev–Trinajstić information content (AvgIpc) is 2.35. The van der Waals surface area contributed by atoms with E-state index in [1.54, 1.807) is 19.1 Å². The SMILES string of the molecule is CC(O)(Cc1ccc(Br)cc1)c1cc(Br)ccc1F. The molecule has 2 rings (SSSR count). The maximum Gasteiger partial charge on any atom is 0.129 e. The Kier molecular flexibility index (Phi) is 4.43. The normalized spacial score (nSPS) is 14.2. The molecule has 4 heteroatoms. The van der Waals surface area contributed by atoms with Crippen LogP contribution in [0.1, 0.15) is 18.1 Å². The van der Waals surface area contributed by atoms with Crippen molar-refractivity contribution in [2.75, 3.05) is 0 Å². The van der Waals surface area contributed by atoms with Crippen molar-refractivity contribution in [2.45, 2.75) is 18.9 Å². The molecule has 0 fully saturated rings. The molecule has 1 N–H and O–H groups in total. The fraction of sp³-hybridized carbons (Fsp3) is 0.200. The summed E-state index contributed by atoms with van der Waals surface area (Å²) in [6.07, 6.45) is 0.355. The van der Waals surface area contributed by atoms with E-state index in [0.717, 1.165) is 14.5 Å². The van der Waals surface area contributed by atoms with E-state index in [2.05, 4.69) is 31.9 Å². The maximum absolute atomic E-state index is 13.8. The molecular weight excluding hydrogens is 375 g/mol. The van der Waals surface area contributed by atoms with Crippen molar-refractivity contribution in [3.8, 4) is 0 Å². The fourth-order valence-corrected chi connectivity index (χ4v) is 2.63. The van der Waals surface area contributed by atoms with E-state index in [4.69, 9.17) is 0 Å². The zero-order valence-electron chi connectivity index (χ0n) is 10.3. The van der Waals surface area contributed by atoms with Gasteiger partial charge in [-0.25, -0.2) is 4.39 Å². The molecule has 0 radical (unpaired) electrons. The molecule has 1 nitrogen and oxygen atoms in total. The van der Waals surface area contributed by atoms with Crippen molar-refractivity contribution in [1.82, 2.24) is 0 Å². The molecule has 2 aromatic carbocycles. The summed E-state index contributed by atoms with van der Waals surface area (Å²) in [5.74, 6) is -0.398. The van der Waals surface area contributed by atoms with Gasteiger partial charge < -0.3 is 5.11 Å². The van der Waals surface area contributed by atoms with Gasteiger partial charge in [0.15, 0.2) is 0 Å². The van der Waals surface area contributed by atoms with Gasteiger partial charge in [-0.2, -0.15) is 0 Å². The van der Waals surface area contributed by atoms with Crippen LogP contribution in [0.15, 0.2) is 51.4 Å². The third kappa shape index (κ3) is 3.65. The minimum Gasteiger partial charge on any atom is -0.385 e. The van der Waals surface area contributed by atoms with Gasteiger partial charge in [-0.3, -0.25) is 0 Å². The molecule has 0 amide bonds. The fourth-order valence-electron chi connectivity index (χ4n) is 2.01. The molecule has 100 valence electrons. The molecule has 2 aromatic rings. The van der Waals surface area contributed by atoms with Crippen LogP contribution in [0.2, 0.25) is 0 Å². The minimum absolute atomic E-state index is 0.296. The summed E-state index contributed by atoms with van der Waals surface area (Å²) >= 11 is 6.66. The van der Waals surface area contributed by atoms with Crippen LogP contribution in [0.4, 0.5) is 4.39 Å². The highest BCUT2D eigenvalue weighted by atomic mass is 79.9. The van der Waals surface area contributed by atoms with E-state index < -0.39 is 11.4 Å². The number of hydrogen-bond donors (Lipinski definition) is 1. The van der Waals surface area contributed by atoms with Gasteiger partial charge in [-0.15, -0.1) is 0 Å². The Hall–Kier alpha value is -0.710. The van der Waals surface area contributed by atoms with Gasteiger partial charge in [0.1, 0.15) is 5.82 Å².